The van der Waals surface area contributed by atoms with Crippen LogP contribution in [0.2, 0.25) is 0 Å². The number of carbonyl (C=O) groups is 1. The minimum atomic E-state index is -0.278. The van der Waals surface area contributed by atoms with Crippen molar-refractivity contribution in [2.75, 3.05) is 26.1 Å². The lowest BCUT2D eigenvalue weighted by Gasteiger charge is -2.11. The van der Waals surface area contributed by atoms with Gasteiger partial charge < -0.3 is 19.5 Å². The summed E-state index contributed by atoms with van der Waals surface area (Å²) in [6.07, 6.45) is 1.69. The fourth-order valence-corrected chi connectivity index (χ4v) is 2.45. The van der Waals surface area contributed by atoms with Crippen molar-refractivity contribution in [3.05, 3.63) is 54.7 Å². The van der Waals surface area contributed by atoms with Crippen molar-refractivity contribution in [1.82, 2.24) is 4.98 Å². The number of methoxy groups -OCH3 is 2. The van der Waals surface area contributed by atoms with Gasteiger partial charge in [-0.15, -0.1) is 0 Å². The summed E-state index contributed by atoms with van der Waals surface area (Å²) in [5, 5.41) is 3.72. The molecule has 1 heterocycles. The first kappa shape index (κ1) is 16.6. The smallest absolute Gasteiger partial charge is 0.262 e. The van der Waals surface area contributed by atoms with Crippen molar-refractivity contribution >= 4 is 22.5 Å². The third kappa shape index (κ3) is 3.80. The number of aromatic nitrogens is 1. The van der Waals surface area contributed by atoms with Gasteiger partial charge in [0.2, 0.25) is 0 Å². The fraction of sp³-hybridized carbons (Fsp3) is 0.158. The number of anilines is 1. The van der Waals surface area contributed by atoms with E-state index in [9.17, 15) is 4.79 Å². The lowest BCUT2D eigenvalue weighted by atomic mass is 10.2. The Morgan fingerprint density at radius 1 is 1.00 bits per heavy atom. The maximum atomic E-state index is 12.1. The number of carbonyl (C=O) groups excluding carboxylic acids is 1. The monoisotopic (exact) mass is 338 g/mol. The first-order valence-corrected chi connectivity index (χ1v) is 7.69. The van der Waals surface area contributed by atoms with E-state index < -0.39 is 0 Å². The highest BCUT2D eigenvalue weighted by Crippen LogP contribution is 2.29. The molecule has 1 amide bonds. The molecule has 0 aliphatic rings. The van der Waals surface area contributed by atoms with Crippen molar-refractivity contribution in [2.45, 2.75) is 0 Å². The molecule has 1 N–H and O–H groups in total. The summed E-state index contributed by atoms with van der Waals surface area (Å²) in [4.78, 5) is 16.4. The number of amides is 1. The van der Waals surface area contributed by atoms with Gasteiger partial charge in [0.1, 0.15) is 11.3 Å². The Labute approximate surface area is 145 Å². The molecule has 3 aromatic rings. The summed E-state index contributed by atoms with van der Waals surface area (Å²) in [7, 11) is 3.10. The minimum Gasteiger partial charge on any atom is -0.493 e. The van der Waals surface area contributed by atoms with Gasteiger partial charge in [-0.3, -0.25) is 9.78 Å². The number of pyridine rings is 1. The number of hydrogen-bond donors (Lipinski definition) is 1. The van der Waals surface area contributed by atoms with Crippen LogP contribution in [0.15, 0.2) is 54.7 Å². The Bertz CT molecular complexity index is 890. The standard InChI is InChI=1S/C19H18N2O4/c1-23-15-9-8-14(11-17(15)24-2)21-18(22)12-25-16-7-3-5-13-6-4-10-20-19(13)16/h3-11H,12H2,1-2H3,(H,21,22). The summed E-state index contributed by atoms with van der Waals surface area (Å²) < 4.78 is 16.0. The SMILES string of the molecule is COc1ccc(NC(=O)COc2cccc3cccnc23)cc1OC. The lowest BCUT2D eigenvalue weighted by Crippen LogP contribution is -2.20. The zero-order valence-electron chi connectivity index (χ0n) is 14.0. The van der Waals surface area contributed by atoms with E-state index in [1.165, 1.54) is 0 Å². The van der Waals surface area contributed by atoms with Crippen LogP contribution < -0.4 is 19.5 Å². The van der Waals surface area contributed by atoms with Gasteiger partial charge in [-0.25, -0.2) is 0 Å². The molecule has 1 aromatic heterocycles. The Hall–Kier alpha value is -3.28. The Morgan fingerprint density at radius 2 is 1.80 bits per heavy atom. The molecule has 0 saturated carbocycles. The third-order valence-corrected chi connectivity index (χ3v) is 3.62. The second-order valence-electron chi connectivity index (χ2n) is 5.24. The second kappa shape index (κ2) is 7.53. The Balaban J connectivity index is 1.67. The van der Waals surface area contributed by atoms with Gasteiger partial charge in [0.15, 0.2) is 18.1 Å². The van der Waals surface area contributed by atoms with Crippen molar-refractivity contribution in [3.63, 3.8) is 0 Å². The molecule has 0 bridgehead atoms. The Kier molecular flexibility index (Phi) is 4.99. The highest BCUT2D eigenvalue weighted by atomic mass is 16.5. The summed E-state index contributed by atoms with van der Waals surface area (Å²) >= 11 is 0. The third-order valence-electron chi connectivity index (χ3n) is 3.62. The molecule has 0 aliphatic carbocycles. The molecular weight excluding hydrogens is 320 g/mol. The van der Waals surface area contributed by atoms with Gasteiger partial charge in [0.25, 0.3) is 5.91 Å². The number of fused-ring (bicyclic) bond motifs is 1. The molecule has 0 saturated heterocycles. The van der Waals surface area contributed by atoms with Crippen LogP contribution >= 0.6 is 0 Å². The summed E-state index contributed by atoms with van der Waals surface area (Å²) in [5.74, 6) is 1.43. The molecule has 0 atom stereocenters. The van der Waals surface area contributed by atoms with E-state index in [1.54, 1.807) is 44.7 Å². The van der Waals surface area contributed by atoms with Gasteiger partial charge in [-0.1, -0.05) is 18.2 Å². The normalized spacial score (nSPS) is 10.3. The first-order chi connectivity index (χ1) is 12.2. The topological polar surface area (TPSA) is 69.7 Å². The molecule has 128 valence electrons. The average Bonchev–Trinajstić information content (AvgIpc) is 2.66. The van der Waals surface area contributed by atoms with Crippen molar-refractivity contribution in [3.8, 4) is 17.2 Å². The molecular formula is C19H18N2O4. The van der Waals surface area contributed by atoms with Crippen molar-refractivity contribution in [2.24, 2.45) is 0 Å². The van der Waals surface area contributed by atoms with E-state index in [0.29, 0.717) is 22.9 Å². The molecule has 6 heteroatoms. The van der Waals surface area contributed by atoms with Gasteiger partial charge in [-0.2, -0.15) is 0 Å². The van der Waals surface area contributed by atoms with Crippen LogP contribution in [-0.2, 0) is 4.79 Å². The highest BCUT2D eigenvalue weighted by Gasteiger charge is 2.09. The van der Waals surface area contributed by atoms with E-state index in [-0.39, 0.29) is 12.5 Å². The number of nitrogens with one attached hydrogen (secondary N) is 1. The van der Waals surface area contributed by atoms with Gasteiger partial charge in [-0.05, 0) is 24.3 Å². The molecule has 2 aromatic carbocycles. The van der Waals surface area contributed by atoms with Crippen LogP contribution in [0, 0.1) is 0 Å². The van der Waals surface area contributed by atoms with E-state index in [1.807, 2.05) is 24.3 Å². The fourth-order valence-electron chi connectivity index (χ4n) is 2.45. The molecule has 0 unspecified atom stereocenters. The highest BCUT2D eigenvalue weighted by molar-refractivity contribution is 5.92. The molecule has 0 aliphatic heterocycles. The quantitative estimate of drug-likeness (QED) is 0.747. The zero-order chi connectivity index (χ0) is 17.6. The predicted octanol–water partition coefficient (Wildman–Crippen LogP) is 3.27. The molecule has 0 fully saturated rings. The van der Waals surface area contributed by atoms with E-state index in [4.69, 9.17) is 14.2 Å². The van der Waals surface area contributed by atoms with Crippen LogP contribution in [-0.4, -0.2) is 31.7 Å². The predicted molar refractivity (Wildman–Crippen MR) is 95.4 cm³/mol. The number of para-hydroxylation sites is 1. The Morgan fingerprint density at radius 3 is 2.60 bits per heavy atom. The van der Waals surface area contributed by atoms with Gasteiger partial charge >= 0.3 is 0 Å². The maximum Gasteiger partial charge on any atom is 0.262 e. The van der Waals surface area contributed by atoms with Gasteiger partial charge in [0, 0.05) is 23.3 Å². The summed E-state index contributed by atoms with van der Waals surface area (Å²) in [5.41, 5.74) is 1.33. The number of ether oxygens (including phenoxy) is 3. The van der Waals surface area contributed by atoms with Crippen LogP contribution in [0.5, 0.6) is 17.2 Å². The van der Waals surface area contributed by atoms with Gasteiger partial charge in [0.05, 0.1) is 14.2 Å². The van der Waals surface area contributed by atoms with Crippen LogP contribution in [0.25, 0.3) is 10.9 Å². The minimum absolute atomic E-state index is 0.121. The van der Waals surface area contributed by atoms with Crippen LogP contribution in [0.1, 0.15) is 0 Å². The number of hydrogen-bond acceptors (Lipinski definition) is 5. The summed E-state index contributed by atoms with van der Waals surface area (Å²) in [6, 6.07) is 14.6. The number of nitrogens with zero attached hydrogens (tertiary/aromatic N) is 1. The zero-order valence-corrected chi connectivity index (χ0v) is 14.0. The number of benzene rings is 2. The van der Waals surface area contributed by atoms with E-state index in [2.05, 4.69) is 10.3 Å². The van der Waals surface area contributed by atoms with Crippen LogP contribution in [0.3, 0.4) is 0 Å². The lowest BCUT2D eigenvalue weighted by molar-refractivity contribution is -0.118. The molecule has 0 radical (unpaired) electrons. The van der Waals surface area contributed by atoms with Crippen molar-refractivity contribution in [1.29, 1.82) is 0 Å². The molecule has 6 nitrogen and oxygen atoms in total. The van der Waals surface area contributed by atoms with E-state index in [0.717, 1.165) is 10.9 Å². The first-order valence-electron chi connectivity index (χ1n) is 7.69. The van der Waals surface area contributed by atoms with Crippen molar-refractivity contribution < 1.29 is 19.0 Å². The summed E-state index contributed by atoms with van der Waals surface area (Å²) in [6.45, 7) is -0.121. The number of rotatable bonds is 6. The van der Waals surface area contributed by atoms with E-state index >= 15 is 0 Å². The van der Waals surface area contributed by atoms with Crippen LogP contribution in [0.4, 0.5) is 5.69 Å². The largest absolute Gasteiger partial charge is 0.493 e. The second-order valence-corrected chi connectivity index (χ2v) is 5.24. The molecule has 0 spiro atoms. The maximum absolute atomic E-state index is 12.1. The average molecular weight is 338 g/mol. The molecule has 3 rings (SSSR count). The molecule has 25 heavy (non-hydrogen) atoms.